The molecule has 8 nitrogen and oxygen atoms in total. The lowest BCUT2D eigenvalue weighted by molar-refractivity contribution is 0.0951. The van der Waals surface area contributed by atoms with Crippen molar-refractivity contribution < 1.29 is 23.7 Å². The van der Waals surface area contributed by atoms with Crippen LogP contribution >= 0.6 is 0 Å². The van der Waals surface area contributed by atoms with Crippen molar-refractivity contribution in [3.05, 3.63) is 90.1 Å². The lowest BCUT2D eigenvalue weighted by atomic mass is 10.1. The fourth-order valence-corrected chi connectivity index (χ4v) is 3.46. The molecule has 1 aliphatic heterocycles. The Bertz CT molecular complexity index is 1340. The third kappa shape index (κ3) is 4.75. The van der Waals surface area contributed by atoms with Gasteiger partial charge in [0.15, 0.2) is 17.3 Å². The van der Waals surface area contributed by atoms with E-state index in [1.54, 1.807) is 43.6 Å². The number of nitrogens with one attached hydrogen (secondary N) is 1. The Morgan fingerprint density at radius 2 is 1.82 bits per heavy atom. The van der Waals surface area contributed by atoms with E-state index in [0.29, 0.717) is 52.4 Å². The first kappa shape index (κ1) is 21.3. The van der Waals surface area contributed by atoms with Crippen LogP contribution in [0.1, 0.15) is 15.9 Å². The number of methoxy groups -OCH3 is 1. The maximum atomic E-state index is 12.8. The number of fused-ring (bicyclic) bond motifs is 1. The van der Waals surface area contributed by atoms with Crippen molar-refractivity contribution in [2.45, 2.75) is 6.54 Å². The molecule has 3 aromatic carbocycles. The largest absolute Gasteiger partial charge is 0.497 e. The van der Waals surface area contributed by atoms with Crippen molar-refractivity contribution in [2.24, 2.45) is 0 Å². The summed E-state index contributed by atoms with van der Waals surface area (Å²) in [6.07, 6.45) is 1.62. The summed E-state index contributed by atoms with van der Waals surface area (Å²) in [6, 6.07) is 21.7. The van der Waals surface area contributed by atoms with Crippen LogP contribution in [0.2, 0.25) is 0 Å². The molecule has 1 N–H and O–H groups in total. The molecule has 5 rings (SSSR count). The van der Waals surface area contributed by atoms with Crippen LogP contribution in [0.3, 0.4) is 0 Å². The Balaban J connectivity index is 1.28. The molecular weight excluding hydrogens is 434 g/mol. The summed E-state index contributed by atoms with van der Waals surface area (Å²) >= 11 is 0. The molecule has 0 saturated heterocycles. The molecule has 0 bridgehead atoms. The number of hydrogen-bond acceptors (Lipinski definition) is 7. The molecule has 8 heteroatoms. The average molecular weight is 455 g/mol. The Kier molecular flexibility index (Phi) is 5.94. The molecule has 0 saturated carbocycles. The van der Waals surface area contributed by atoms with Gasteiger partial charge in [-0.2, -0.15) is 4.98 Å². The lowest BCUT2D eigenvalue weighted by Gasteiger charge is -2.09. The van der Waals surface area contributed by atoms with E-state index in [4.69, 9.17) is 18.9 Å². The van der Waals surface area contributed by atoms with Gasteiger partial charge in [0.2, 0.25) is 12.7 Å². The normalized spacial score (nSPS) is 11.7. The first-order chi connectivity index (χ1) is 16.7. The summed E-state index contributed by atoms with van der Waals surface area (Å²) in [6.45, 7) is 0.575. The number of rotatable bonds is 7. The number of carbonyl (C=O) groups excluding carboxylic acids is 1. The third-order valence-electron chi connectivity index (χ3n) is 5.17. The standard InChI is InChI=1S/C26H21N3O5/c1-31-20-6-3-7-21(14-20)34-24-10-11-27-25(29-24)18-4-2-5-19(13-18)26(30)28-15-17-8-9-22-23(12-17)33-16-32-22/h2-14H,15-16H2,1H3,(H,28,30). The monoisotopic (exact) mass is 455 g/mol. The summed E-state index contributed by atoms with van der Waals surface area (Å²) in [4.78, 5) is 21.6. The first-order valence-corrected chi connectivity index (χ1v) is 10.6. The van der Waals surface area contributed by atoms with E-state index in [0.717, 1.165) is 5.56 Å². The molecular formula is C26H21N3O5. The number of hydrogen-bond donors (Lipinski definition) is 1. The number of amides is 1. The average Bonchev–Trinajstić information content (AvgIpc) is 3.36. The maximum Gasteiger partial charge on any atom is 0.251 e. The summed E-state index contributed by atoms with van der Waals surface area (Å²) < 4.78 is 21.8. The second-order valence-electron chi connectivity index (χ2n) is 7.45. The number of carbonyl (C=O) groups is 1. The topological polar surface area (TPSA) is 91.8 Å². The van der Waals surface area contributed by atoms with Gasteiger partial charge in [-0.1, -0.05) is 24.3 Å². The highest BCUT2D eigenvalue weighted by molar-refractivity contribution is 5.95. The Morgan fingerprint density at radius 3 is 2.74 bits per heavy atom. The second-order valence-corrected chi connectivity index (χ2v) is 7.45. The molecule has 0 radical (unpaired) electrons. The van der Waals surface area contributed by atoms with Crippen LogP contribution in [0.4, 0.5) is 0 Å². The molecule has 2 heterocycles. The number of aromatic nitrogens is 2. The van der Waals surface area contributed by atoms with Crippen molar-refractivity contribution in [1.82, 2.24) is 15.3 Å². The van der Waals surface area contributed by atoms with E-state index in [9.17, 15) is 4.79 Å². The van der Waals surface area contributed by atoms with E-state index in [-0.39, 0.29) is 12.7 Å². The lowest BCUT2D eigenvalue weighted by Crippen LogP contribution is -2.22. The highest BCUT2D eigenvalue weighted by Gasteiger charge is 2.14. The zero-order valence-corrected chi connectivity index (χ0v) is 18.4. The second kappa shape index (κ2) is 9.50. The predicted octanol–water partition coefficient (Wildman–Crippen LogP) is 4.60. The maximum absolute atomic E-state index is 12.8. The SMILES string of the molecule is COc1cccc(Oc2ccnc(-c3cccc(C(=O)NCc4ccc5c(c4)OCO5)c3)n2)c1. The Hall–Kier alpha value is -4.59. The predicted molar refractivity (Wildman–Crippen MR) is 124 cm³/mol. The van der Waals surface area contributed by atoms with E-state index in [2.05, 4.69) is 15.3 Å². The van der Waals surface area contributed by atoms with Gasteiger partial charge >= 0.3 is 0 Å². The van der Waals surface area contributed by atoms with Crippen molar-refractivity contribution in [2.75, 3.05) is 13.9 Å². The molecule has 0 aliphatic carbocycles. The van der Waals surface area contributed by atoms with Crippen molar-refractivity contribution in [1.29, 1.82) is 0 Å². The molecule has 0 atom stereocenters. The number of nitrogens with zero attached hydrogens (tertiary/aromatic N) is 2. The fraction of sp³-hybridized carbons (Fsp3) is 0.115. The van der Waals surface area contributed by atoms with Crippen LogP contribution in [0.5, 0.6) is 28.9 Å². The summed E-state index contributed by atoms with van der Waals surface area (Å²) in [5.41, 5.74) is 2.12. The van der Waals surface area contributed by atoms with E-state index in [1.807, 2.05) is 42.5 Å². The zero-order valence-electron chi connectivity index (χ0n) is 18.4. The highest BCUT2D eigenvalue weighted by Crippen LogP contribution is 2.32. The van der Waals surface area contributed by atoms with Gasteiger partial charge in [-0.3, -0.25) is 4.79 Å². The summed E-state index contributed by atoms with van der Waals surface area (Å²) in [5.74, 6) is 3.30. The van der Waals surface area contributed by atoms with Gasteiger partial charge in [0, 0.05) is 36.0 Å². The minimum atomic E-state index is -0.205. The first-order valence-electron chi connectivity index (χ1n) is 10.6. The summed E-state index contributed by atoms with van der Waals surface area (Å²) in [5, 5.41) is 2.93. The Morgan fingerprint density at radius 1 is 0.971 bits per heavy atom. The van der Waals surface area contributed by atoms with Crippen LogP contribution in [-0.2, 0) is 6.54 Å². The van der Waals surface area contributed by atoms with Crippen molar-refractivity contribution in [3.63, 3.8) is 0 Å². The fourth-order valence-electron chi connectivity index (χ4n) is 3.46. The molecule has 1 aromatic heterocycles. The molecule has 1 aliphatic rings. The van der Waals surface area contributed by atoms with E-state index < -0.39 is 0 Å². The molecule has 34 heavy (non-hydrogen) atoms. The number of benzene rings is 3. The van der Waals surface area contributed by atoms with Gasteiger partial charge in [-0.15, -0.1) is 0 Å². The minimum absolute atomic E-state index is 0.205. The number of ether oxygens (including phenoxy) is 4. The zero-order chi connectivity index (χ0) is 23.3. The molecule has 0 spiro atoms. The van der Waals surface area contributed by atoms with Gasteiger partial charge in [0.05, 0.1) is 7.11 Å². The van der Waals surface area contributed by atoms with Crippen LogP contribution < -0.4 is 24.3 Å². The van der Waals surface area contributed by atoms with Crippen LogP contribution in [0.15, 0.2) is 79.0 Å². The Labute approximate surface area is 196 Å². The van der Waals surface area contributed by atoms with Crippen LogP contribution in [-0.4, -0.2) is 29.8 Å². The van der Waals surface area contributed by atoms with Gasteiger partial charge in [-0.25, -0.2) is 4.98 Å². The van der Waals surface area contributed by atoms with Gasteiger partial charge in [-0.05, 0) is 42.0 Å². The third-order valence-corrected chi connectivity index (χ3v) is 5.17. The molecule has 1 amide bonds. The smallest absolute Gasteiger partial charge is 0.251 e. The van der Waals surface area contributed by atoms with Gasteiger partial charge in [0.25, 0.3) is 5.91 Å². The van der Waals surface area contributed by atoms with E-state index >= 15 is 0 Å². The quantitative estimate of drug-likeness (QED) is 0.435. The van der Waals surface area contributed by atoms with Crippen LogP contribution in [0.25, 0.3) is 11.4 Å². The molecule has 0 unspecified atom stereocenters. The highest BCUT2D eigenvalue weighted by atomic mass is 16.7. The molecule has 4 aromatic rings. The molecule has 0 fully saturated rings. The van der Waals surface area contributed by atoms with Crippen molar-refractivity contribution in [3.8, 4) is 40.3 Å². The van der Waals surface area contributed by atoms with Gasteiger partial charge in [0.1, 0.15) is 11.5 Å². The molecule has 170 valence electrons. The summed E-state index contributed by atoms with van der Waals surface area (Å²) in [7, 11) is 1.60. The van der Waals surface area contributed by atoms with Crippen LogP contribution in [0, 0.1) is 0 Å². The van der Waals surface area contributed by atoms with Crippen molar-refractivity contribution >= 4 is 5.91 Å². The minimum Gasteiger partial charge on any atom is -0.497 e. The van der Waals surface area contributed by atoms with E-state index in [1.165, 1.54) is 0 Å². The van der Waals surface area contributed by atoms with Gasteiger partial charge < -0.3 is 24.3 Å².